The summed E-state index contributed by atoms with van der Waals surface area (Å²) in [6, 6.07) is 0. The van der Waals surface area contributed by atoms with E-state index >= 15 is 0 Å². The van der Waals surface area contributed by atoms with Crippen LogP contribution in [-0.4, -0.2) is 20.5 Å². The highest BCUT2D eigenvalue weighted by Gasteiger charge is 2.37. The van der Waals surface area contributed by atoms with Gasteiger partial charge in [-0.2, -0.15) is 13.2 Å². The Morgan fingerprint density at radius 1 is 1.17 bits per heavy atom. The summed E-state index contributed by atoms with van der Waals surface area (Å²) in [6.07, 6.45) is -1.03. The number of esters is 1. The number of fused-ring (bicyclic) bond motifs is 2. The maximum atomic E-state index is 13.1. The highest BCUT2D eigenvalue weighted by molar-refractivity contribution is 7.20. The predicted molar refractivity (Wildman–Crippen MR) is 107 cm³/mol. The molecule has 1 aliphatic heterocycles. The molecule has 4 heterocycles. The summed E-state index contributed by atoms with van der Waals surface area (Å²) in [5, 5.41) is 0.618. The van der Waals surface area contributed by atoms with Crippen molar-refractivity contribution in [3.8, 4) is 0 Å². The van der Waals surface area contributed by atoms with E-state index in [0.717, 1.165) is 41.9 Å². The number of aromatic nitrogens is 3. The molecule has 11 heteroatoms. The molecule has 0 N–H and O–H groups in total. The Kier molecular flexibility index (Phi) is 5.43. The van der Waals surface area contributed by atoms with Gasteiger partial charge in [0.05, 0.1) is 15.3 Å². The molecule has 0 amide bonds. The lowest BCUT2D eigenvalue weighted by Crippen LogP contribution is -2.24. The summed E-state index contributed by atoms with van der Waals surface area (Å²) >= 11 is 1.88. The van der Waals surface area contributed by atoms with Gasteiger partial charge in [-0.25, -0.2) is 14.8 Å². The predicted octanol–water partition coefficient (Wildman–Crippen LogP) is 4.63. The van der Waals surface area contributed by atoms with Gasteiger partial charge < -0.3 is 4.74 Å². The molecule has 0 spiro atoms. The van der Waals surface area contributed by atoms with Gasteiger partial charge in [-0.15, -0.1) is 22.7 Å². The smallest absolute Gasteiger partial charge is 0.434 e. The first kappa shape index (κ1) is 21.0. The molecular weight excluding hydrogens is 439 g/mol. The number of thiazole rings is 1. The number of hydrogen-bond acceptors (Lipinski definition) is 7. The molecule has 0 unspecified atom stereocenters. The zero-order chi connectivity index (χ0) is 21.6. The number of nitrogens with zero attached hydrogens (tertiary/aromatic N) is 3. The summed E-state index contributed by atoms with van der Waals surface area (Å²) < 4.78 is 46.1. The number of carbonyl (C=O) groups is 1. The first-order valence-electron chi connectivity index (χ1n) is 9.40. The van der Waals surface area contributed by atoms with Crippen LogP contribution in [0.4, 0.5) is 13.2 Å². The van der Waals surface area contributed by atoms with Crippen molar-refractivity contribution in [1.82, 2.24) is 14.5 Å². The molecule has 6 nitrogen and oxygen atoms in total. The van der Waals surface area contributed by atoms with Crippen molar-refractivity contribution in [3.63, 3.8) is 0 Å². The largest absolute Gasteiger partial charge is 0.456 e. The SMILES string of the molecule is Cc1nc(C(F)(F)F)c(COC(=O)c2sc3nc4n(c(=O)c3c2C)CCCCC4)s1. The minimum atomic E-state index is -4.61. The van der Waals surface area contributed by atoms with Crippen molar-refractivity contribution in [2.24, 2.45) is 0 Å². The van der Waals surface area contributed by atoms with Crippen molar-refractivity contribution in [1.29, 1.82) is 0 Å². The van der Waals surface area contributed by atoms with E-state index < -0.39 is 24.4 Å². The number of ether oxygens (including phenoxy) is 1. The second-order valence-corrected chi connectivity index (χ2v) is 9.40. The molecule has 3 aromatic heterocycles. The van der Waals surface area contributed by atoms with Crippen LogP contribution in [0, 0.1) is 13.8 Å². The van der Waals surface area contributed by atoms with Crippen LogP contribution in [0.1, 0.15) is 55.9 Å². The number of alkyl halides is 3. The average Bonchev–Trinajstić information content (AvgIpc) is 3.11. The molecule has 160 valence electrons. The van der Waals surface area contributed by atoms with E-state index in [0.29, 0.717) is 34.6 Å². The molecule has 0 radical (unpaired) electrons. The normalized spacial score (nSPS) is 14.6. The van der Waals surface area contributed by atoms with Crippen LogP contribution in [-0.2, 0) is 30.5 Å². The van der Waals surface area contributed by atoms with Crippen molar-refractivity contribution >= 4 is 38.9 Å². The number of rotatable bonds is 3. The number of thiophene rings is 1. The second-order valence-electron chi connectivity index (χ2n) is 7.11. The van der Waals surface area contributed by atoms with Gasteiger partial charge in [-0.05, 0) is 32.3 Å². The quantitative estimate of drug-likeness (QED) is 0.536. The van der Waals surface area contributed by atoms with E-state index in [1.165, 1.54) is 6.92 Å². The van der Waals surface area contributed by atoms with Crippen LogP contribution < -0.4 is 5.56 Å². The van der Waals surface area contributed by atoms with Gasteiger partial charge >= 0.3 is 12.1 Å². The average molecular weight is 457 g/mol. The third-order valence-electron chi connectivity index (χ3n) is 5.00. The van der Waals surface area contributed by atoms with Gasteiger partial charge in [-0.1, -0.05) is 6.42 Å². The van der Waals surface area contributed by atoms with Gasteiger partial charge in [0, 0.05) is 13.0 Å². The molecule has 0 fully saturated rings. The second kappa shape index (κ2) is 7.77. The topological polar surface area (TPSA) is 74.1 Å². The Hall–Kier alpha value is -2.27. The van der Waals surface area contributed by atoms with E-state index in [1.807, 2.05) is 0 Å². The van der Waals surface area contributed by atoms with Crippen LogP contribution in [0.2, 0.25) is 0 Å². The van der Waals surface area contributed by atoms with Crippen molar-refractivity contribution in [2.75, 3.05) is 0 Å². The lowest BCUT2D eigenvalue weighted by atomic mass is 10.2. The van der Waals surface area contributed by atoms with Crippen molar-refractivity contribution < 1.29 is 22.7 Å². The molecule has 0 aromatic carbocycles. The molecule has 1 aliphatic rings. The van der Waals surface area contributed by atoms with Crippen molar-refractivity contribution in [3.05, 3.63) is 42.2 Å². The number of aryl methyl sites for hydroxylation is 3. The zero-order valence-electron chi connectivity index (χ0n) is 16.3. The lowest BCUT2D eigenvalue weighted by Gasteiger charge is -2.08. The lowest BCUT2D eigenvalue weighted by molar-refractivity contribution is -0.141. The van der Waals surface area contributed by atoms with Gasteiger partial charge in [0.2, 0.25) is 0 Å². The molecule has 3 aromatic rings. The molecule has 0 bridgehead atoms. The Bertz CT molecular complexity index is 1190. The van der Waals surface area contributed by atoms with Crippen LogP contribution in [0.3, 0.4) is 0 Å². The molecule has 30 heavy (non-hydrogen) atoms. The first-order valence-corrected chi connectivity index (χ1v) is 11.0. The molecule has 0 aliphatic carbocycles. The van der Waals surface area contributed by atoms with E-state index in [-0.39, 0.29) is 20.3 Å². The summed E-state index contributed by atoms with van der Waals surface area (Å²) in [5.74, 6) is -0.0598. The maximum absolute atomic E-state index is 13.1. The summed E-state index contributed by atoms with van der Waals surface area (Å²) in [4.78, 5) is 34.2. The summed E-state index contributed by atoms with van der Waals surface area (Å²) in [5.41, 5.74) is -0.759. The monoisotopic (exact) mass is 457 g/mol. The Morgan fingerprint density at radius 2 is 1.93 bits per heavy atom. The third kappa shape index (κ3) is 3.76. The van der Waals surface area contributed by atoms with Gasteiger partial charge in [0.15, 0.2) is 5.69 Å². The van der Waals surface area contributed by atoms with Crippen LogP contribution >= 0.6 is 22.7 Å². The molecule has 0 atom stereocenters. The van der Waals surface area contributed by atoms with Gasteiger partial charge in [-0.3, -0.25) is 9.36 Å². The minimum Gasteiger partial charge on any atom is -0.456 e. The molecular formula is C19H18F3N3O3S2. The van der Waals surface area contributed by atoms with E-state index in [9.17, 15) is 22.8 Å². The fourth-order valence-corrected chi connectivity index (χ4v) is 5.54. The van der Waals surface area contributed by atoms with Gasteiger partial charge in [0.1, 0.15) is 22.1 Å². The highest BCUT2D eigenvalue weighted by atomic mass is 32.1. The fraction of sp³-hybridized carbons (Fsp3) is 0.474. The Morgan fingerprint density at radius 3 is 2.67 bits per heavy atom. The molecule has 4 rings (SSSR count). The fourth-order valence-electron chi connectivity index (χ4n) is 3.59. The Balaban J connectivity index is 1.64. The molecule has 0 saturated heterocycles. The number of halogens is 3. The van der Waals surface area contributed by atoms with Crippen molar-refractivity contribution in [2.45, 2.75) is 58.9 Å². The number of carbonyl (C=O) groups excluding carboxylic acids is 1. The summed E-state index contributed by atoms with van der Waals surface area (Å²) in [6.45, 7) is 3.16. The van der Waals surface area contributed by atoms with Gasteiger partial charge in [0.25, 0.3) is 5.56 Å². The van der Waals surface area contributed by atoms with Crippen LogP contribution in [0.5, 0.6) is 0 Å². The van der Waals surface area contributed by atoms with E-state index in [1.54, 1.807) is 11.5 Å². The molecule has 0 saturated carbocycles. The summed E-state index contributed by atoms with van der Waals surface area (Å²) in [7, 11) is 0. The van der Waals surface area contributed by atoms with Crippen LogP contribution in [0.25, 0.3) is 10.2 Å². The standard InChI is InChI=1S/C19H18F3N3O3S2/c1-9-13-16(24-12-6-4-3-5-7-25(12)17(13)26)30-14(9)18(27)28-8-11-15(19(20,21)22)23-10(2)29-11/h3-8H2,1-2H3. The minimum absolute atomic E-state index is 0.156. The third-order valence-corrected chi connectivity index (χ3v) is 7.11. The maximum Gasteiger partial charge on any atom is 0.434 e. The van der Waals surface area contributed by atoms with E-state index in [2.05, 4.69) is 9.97 Å². The first-order chi connectivity index (χ1) is 14.2. The van der Waals surface area contributed by atoms with E-state index in [4.69, 9.17) is 4.74 Å². The zero-order valence-corrected chi connectivity index (χ0v) is 17.9. The van der Waals surface area contributed by atoms with Crippen LogP contribution in [0.15, 0.2) is 4.79 Å². The highest BCUT2D eigenvalue weighted by Crippen LogP contribution is 2.35. The number of hydrogen-bond donors (Lipinski definition) is 0. The Labute approximate surface area is 177 Å².